The number of likely N-dealkylation sites (tertiary alicyclic amines) is 2. The Balaban J connectivity index is 1.15. The quantitative estimate of drug-likeness (QED) is 0.203. The molecule has 13 nitrogen and oxygen atoms in total. The molecular weight excluding hydrogens is 745 g/mol. The SMILES string of the molecule is C=C[C@@H]1C[C@]1(NC(=O)[C@@H]1C[C@@]2(CN1C(=O)[C@@H](NC(=O)[C@@H](NC(=O)[C@@H]1CCCN1CC)C1CCCCC1)C(C)(C)C)C(C)(C)C21CCC1)C(=O)NS(=O)(=O)C1CCC1. The van der Waals surface area contributed by atoms with Gasteiger partial charge in [-0.2, -0.15) is 0 Å². The molecule has 2 aliphatic heterocycles. The van der Waals surface area contributed by atoms with Crippen LogP contribution in [0.1, 0.15) is 138 Å². The molecular formula is C43H68N6O7S. The van der Waals surface area contributed by atoms with Crippen molar-refractivity contribution in [2.24, 2.45) is 33.5 Å². The van der Waals surface area contributed by atoms with E-state index >= 15 is 4.79 Å². The minimum Gasteiger partial charge on any atom is -0.343 e. The lowest BCUT2D eigenvalue weighted by atomic mass is 9.73. The Morgan fingerprint density at radius 2 is 1.53 bits per heavy atom. The van der Waals surface area contributed by atoms with Gasteiger partial charge in [-0.1, -0.05) is 79.7 Å². The van der Waals surface area contributed by atoms with Crippen molar-refractivity contribution in [2.45, 2.75) is 173 Å². The zero-order valence-electron chi connectivity index (χ0n) is 35.2. The summed E-state index contributed by atoms with van der Waals surface area (Å²) >= 11 is 0. The number of rotatable bonds is 13. The van der Waals surface area contributed by atoms with Crippen LogP contribution in [0.4, 0.5) is 0 Å². The molecule has 0 unspecified atom stereocenters. The van der Waals surface area contributed by atoms with Crippen molar-refractivity contribution in [1.82, 2.24) is 30.5 Å². The molecule has 2 saturated heterocycles. The van der Waals surface area contributed by atoms with Crippen LogP contribution in [-0.2, 0) is 34.0 Å². The Morgan fingerprint density at radius 3 is 2.05 bits per heavy atom. The van der Waals surface area contributed by atoms with Gasteiger partial charge in [0.2, 0.25) is 33.7 Å². The summed E-state index contributed by atoms with van der Waals surface area (Å²) in [6, 6.07) is -3.03. The third-order valence-corrected chi connectivity index (χ3v) is 18.2. The van der Waals surface area contributed by atoms with Gasteiger partial charge >= 0.3 is 0 Å². The third kappa shape index (κ3) is 6.93. The number of nitrogens with zero attached hydrogens (tertiary/aromatic N) is 2. The van der Waals surface area contributed by atoms with E-state index in [1.807, 2.05) is 27.7 Å². The van der Waals surface area contributed by atoms with Crippen LogP contribution in [0.3, 0.4) is 0 Å². The molecule has 0 aromatic rings. The Hall–Kier alpha value is -3.00. The van der Waals surface area contributed by atoms with Gasteiger partial charge in [-0.15, -0.1) is 6.58 Å². The van der Waals surface area contributed by atoms with Gasteiger partial charge in [0.15, 0.2) is 0 Å². The van der Waals surface area contributed by atoms with Gasteiger partial charge in [-0.05, 0) is 99.5 Å². The van der Waals surface area contributed by atoms with Crippen LogP contribution in [0.2, 0.25) is 0 Å². The maximum absolute atomic E-state index is 15.2. The Morgan fingerprint density at radius 1 is 0.842 bits per heavy atom. The van der Waals surface area contributed by atoms with Crippen molar-refractivity contribution in [2.75, 3.05) is 19.6 Å². The Labute approximate surface area is 340 Å². The van der Waals surface area contributed by atoms with Crippen LogP contribution >= 0.6 is 0 Å². The fourth-order valence-electron chi connectivity index (χ4n) is 12.0. The minimum atomic E-state index is -3.90. The number of amides is 5. The van der Waals surface area contributed by atoms with Crippen LogP contribution in [0.15, 0.2) is 12.7 Å². The summed E-state index contributed by atoms with van der Waals surface area (Å²) < 4.78 is 28.3. The first-order chi connectivity index (χ1) is 26.8. The van der Waals surface area contributed by atoms with Crippen LogP contribution in [0.5, 0.6) is 0 Å². The topological polar surface area (TPSA) is 174 Å². The molecule has 7 atom stereocenters. The largest absolute Gasteiger partial charge is 0.343 e. The molecule has 7 rings (SSSR count). The van der Waals surface area contributed by atoms with Crippen molar-refractivity contribution in [3.63, 3.8) is 0 Å². The lowest BCUT2D eigenvalue weighted by Gasteiger charge is -2.38. The highest BCUT2D eigenvalue weighted by Gasteiger charge is 2.85. The van der Waals surface area contributed by atoms with Crippen LogP contribution < -0.4 is 20.7 Å². The Kier molecular flexibility index (Phi) is 11.0. The number of fused-ring (bicyclic) bond motifs is 1. The van der Waals surface area contributed by atoms with Gasteiger partial charge < -0.3 is 20.9 Å². The summed E-state index contributed by atoms with van der Waals surface area (Å²) in [7, 11) is -3.90. The predicted octanol–water partition coefficient (Wildman–Crippen LogP) is 3.92. The van der Waals surface area contributed by atoms with Gasteiger partial charge in [-0.3, -0.25) is 33.6 Å². The second-order valence-corrected chi connectivity index (χ2v) is 22.3. The minimum absolute atomic E-state index is 0.00778. The van der Waals surface area contributed by atoms with Crippen molar-refractivity contribution in [1.29, 1.82) is 0 Å². The smallest absolute Gasteiger partial charge is 0.259 e. The molecule has 57 heavy (non-hydrogen) atoms. The van der Waals surface area contributed by atoms with E-state index in [1.54, 1.807) is 11.0 Å². The summed E-state index contributed by atoms with van der Waals surface area (Å²) in [5, 5.41) is 8.63. The van der Waals surface area contributed by atoms with Gasteiger partial charge in [0.25, 0.3) is 5.91 Å². The molecule has 7 aliphatic rings. The molecule has 5 aliphatic carbocycles. The van der Waals surface area contributed by atoms with Crippen molar-refractivity contribution in [3.05, 3.63) is 12.7 Å². The first-order valence-corrected chi connectivity index (χ1v) is 23.5. The van der Waals surface area contributed by atoms with Gasteiger partial charge in [0, 0.05) is 17.9 Å². The van der Waals surface area contributed by atoms with E-state index < -0.39 is 62.1 Å². The van der Waals surface area contributed by atoms with Crippen molar-refractivity contribution < 1.29 is 32.4 Å². The molecule has 14 heteroatoms. The molecule has 0 aromatic heterocycles. The number of likely N-dealkylation sites (N-methyl/N-ethyl adjacent to an activating group) is 1. The standard InChI is InChI=1S/C43H68N6O7S/c1-8-28-24-43(28,38(54)47-57(55,56)29-18-13-19-29)46-35(51)31-25-42(40(6,7)41(42)21-15-22-41)26-49(31)37(53)33(39(3,4)5)45-36(52)32(27-16-11-10-12-17-27)44-34(50)30-20-14-23-48(30)9-2/h8,27-33H,1,9-26H2,2-7H3,(H,44,50)(H,45,52)(H,46,51)(H,47,54)/t28-,30+,31+,32+,33-,42-,43-/m1/s1. The number of hydrogen-bond acceptors (Lipinski definition) is 8. The second kappa shape index (κ2) is 14.9. The maximum Gasteiger partial charge on any atom is 0.259 e. The van der Waals surface area contributed by atoms with Crippen molar-refractivity contribution in [3.8, 4) is 0 Å². The number of hydrogen-bond donors (Lipinski definition) is 4. The van der Waals surface area contributed by atoms with E-state index in [1.165, 1.54) is 0 Å². The summed E-state index contributed by atoms with van der Waals surface area (Å²) in [6.45, 7) is 18.0. The maximum atomic E-state index is 15.2. The lowest BCUT2D eigenvalue weighted by Crippen LogP contribution is -2.63. The zero-order chi connectivity index (χ0) is 41.3. The van der Waals surface area contributed by atoms with Gasteiger partial charge in [0.05, 0.1) is 11.3 Å². The van der Waals surface area contributed by atoms with Gasteiger partial charge in [-0.25, -0.2) is 8.42 Å². The molecule has 4 N–H and O–H groups in total. The molecule has 0 radical (unpaired) electrons. The lowest BCUT2D eigenvalue weighted by molar-refractivity contribution is -0.145. The van der Waals surface area contributed by atoms with Crippen LogP contribution in [0, 0.1) is 33.5 Å². The average molecular weight is 813 g/mol. The normalized spacial score (nSPS) is 33.1. The van der Waals surface area contributed by atoms with E-state index in [0.29, 0.717) is 25.8 Å². The molecule has 2 heterocycles. The van der Waals surface area contributed by atoms with E-state index in [9.17, 15) is 27.6 Å². The third-order valence-electron chi connectivity index (χ3n) is 16.3. The highest BCUT2D eigenvalue weighted by atomic mass is 32.2. The Bertz CT molecular complexity index is 1760. The fraction of sp³-hybridized carbons (Fsp3) is 0.837. The molecule has 0 aromatic carbocycles. The number of sulfonamides is 1. The summed E-state index contributed by atoms with van der Waals surface area (Å²) in [4.78, 5) is 75.8. The van der Waals surface area contributed by atoms with Crippen LogP contribution in [0.25, 0.3) is 0 Å². The molecule has 318 valence electrons. The molecule has 7 fully saturated rings. The summed E-state index contributed by atoms with van der Waals surface area (Å²) in [6.07, 6.45) is 13.4. The van der Waals surface area contributed by atoms with Gasteiger partial charge in [0.1, 0.15) is 23.7 Å². The van der Waals surface area contributed by atoms with Crippen molar-refractivity contribution >= 4 is 39.6 Å². The zero-order valence-corrected chi connectivity index (χ0v) is 36.0. The average Bonchev–Trinajstić information content (AvgIpc) is 3.62. The summed E-state index contributed by atoms with van der Waals surface area (Å²) in [5.74, 6) is -2.67. The predicted molar refractivity (Wildman–Crippen MR) is 217 cm³/mol. The second-order valence-electron chi connectivity index (χ2n) is 20.3. The van der Waals surface area contributed by atoms with E-state index in [0.717, 1.165) is 83.7 Å². The molecule has 5 amide bonds. The first kappa shape index (κ1) is 42.1. The highest BCUT2D eigenvalue weighted by molar-refractivity contribution is 7.90. The van der Waals surface area contributed by atoms with E-state index in [4.69, 9.17) is 0 Å². The van der Waals surface area contributed by atoms with Crippen LogP contribution in [-0.4, -0.2) is 102 Å². The monoisotopic (exact) mass is 812 g/mol. The highest BCUT2D eigenvalue weighted by Crippen LogP contribution is 2.88. The summed E-state index contributed by atoms with van der Waals surface area (Å²) in [5.41, 5.74) is -2.71. The molecule has 2 spiro atoms. The van der Waals surface area contributed by atoms with E-state index in [-0.39, 0.29) is 52.3 Å². The number of carbonyl (C=O) groups is 5. The molecule has 5 saturated carbocycles. The van der Waals surface area contributed by atoms with E-state index in [2.05, 4.69) is 46.0 Å². The fourth-order valence-corrected chi connectivity index (χ4v) is 13.6. The molecule has 0 bridgehead atoms. The number of nitrogens with one attached hydrogen (secondary N) is 4. The number of carbonyl (C=O) groups excluding carboxylic acids is 5. The first-order valence-electron chi connectivity index (χ1n) is 21.9.